The van der Waals surface area contributed by atoms with Crippen molar-refractivity contribution in [1.29, 1.82) is 0 Å². The SMILES string of the molecule is CCCCC[C@H]1CC[C@H](c2ccc(C#Cc3ccc4cc(OCC)ccc4c3)cc2)CC1. The number of benzene rings is 3. The molecule has 0 saturated heterocycles. The molecule has 0 N–H and O–H groups in total. The van der Waals surface area contributed by atoms with Crippen molar-refractivity contribution in [3.8, 4) is 17.6 Å². The Bertz CT molecular complexity index is 1060. The smallest absolute Gasteiger partial charge is 0.119 e. The van der Waals surface area contributed by atoms with Crippen LogP contribution >= 0.6 is 0 Å². The van der Waals surface area contributed by atoms with Crippen molar-refractivity contribution in [3.63, 3.8) is 0 Å². The average Bonchev–Trinajstić information content (AvgIpc) is 2.84. The maximum atomic E-state index is 5.60. The minimum atomic E-state index is 0.689. The Kier molecular flexibility index (Phi) is 7.89. The van der Waals surface area contributed by atoms with Gasteiger partial charge >= 0.3 is 0 Å². The largest absolute Gasteiger partial charge is 0.494 e. The van der Waals surface area contributed by atoms with Gasteiger partial charge in [-0.15, -0.1) is 0 Å². The zero-order valence-corrected chi connectivity index (χ0v) is 19.7. The third-order valence-corrected chi connectivity index (χ3v) is 6.92. The maximum absolute atomic E-state index is 5.60. The van der Waals surface area contributed by atoms with Crippen molar-refractivity contribution in [3.05, 3.63) is 77.4 Å². The van der Waals surface area contributed by atoms with Crippen LogP contribution in [0.2, 0.25) is 0 Å². The summed E-state index contributed by atoms with van der Waals surface area (Å²) in [4.78, 5) is 0. The second-order valence-electron chi connectivity index (χ2n) is 9.24. The predicted octanol–water partition coefficient (Wildman–Crippen LogP) is 8.49. The highest BCUT2D eigenvalue weighted by atomic mass is 16.5. The molecule has 166 valence electrons. The van der Waals surface area contributed by atoms with Crippen LogP contribution in [-0.2, 0) is 0 Å². The Morgan fingerprint density at radius 2 is 1.44 bits per heavy atom. The molecule has 0 spiro atoms. The normalized spacial score (nSPS) is 18.2. The molecule has 3 aromatic rings. The molecule has 0 aliphatic heterocycles. The third-order valence-electron chi connectivity index (χ3n) is 6.92. The zero-order valence-electron chi connectivity index (χ0n) is 19.7. The Morgan fingerprint density at radius 3 is 2.19 bits per heavy atom. The van der Waals surface area contributed by atoms with Crippen molar-refractivity contribution in [1.82, 2.24) is 0 Å². The second-order valence-corrected chi connectivity index (χ2v) is 9.24. The number of fused-ring (bicyclic) bond motifs is 1. The molecule has 1 fully saturated rings. The van der Waals surface area contributed by atoms with E-state index in [0.29, 0.717) is 6.61 Å². The van der Waals surface area contributed by atoms with Crippen molar-refractivity contribution in [2.24, 2.45) is 5.92 Å². The summed E-state index contributed by atoms with van der Waals surface area (Å²) in [6.45, 7) is 5.00. The molecule has 0 heterocycles. The summed E-state index contributed by atoms with van der Waals surface area (Å²) in [6, 6.07) is 21.6. The van der Waals surface area contributed by atoms with E-state index < -0.39 is 0 Å². The van der Waals surface area contributed by atoms with Gasteiger partial charge in [-0.05, 0) is 97.2 Å². The van der Waals surface area contributed by atoms with Crippen LogP contribution in [0.15, 0.2) is 60.7 Å². The number of hydrogen-bond donors (Lipinski definition) is 0. The van der Waals surface area contributed by atoms with Gasteiger partial charge in [0.15, 0.2) is 0 Å². The lowest BCUT2D eigenvalue weighted by Crippen LogP contribution is -2.13. The summed E-state index contributed by atoms with van der Waals surface area (Å²) < 4.78 is 5.60. The Morgan fingerprint density at radius 1 is 0.750 bits per heavy atom. The van der Waals surface area contributed by atoms with Gasteiger partial charge in [0.05, 0.1) is 6.61 Å². The molecule has 4 rings (SSSR count). The number of unbranched alkanes of at least 4 members (excludes halogenated alkanes) is 2. The first kappa shape index (κ1) is 22.5. The minimum absolute atomic E-state index is 0.689. The zero-order chi connectivity index (χ0) is 22.2. The van der Waals surface area contributed by atoms with E-state index >= 15 is 0 Å². The van der Waals surface area contributed by atoms with Crippen LogP contribution in [0.3, 0.4) is 0 Å². The Labute approximate surface area is 194 Å². The van der Waals surface area contributed by atoms with Crippen molar-refractivity contribution in [2.75, 3.05) is 6.61 Å². The van der Waals surface area contributed by atoms with E-state index in [1.165, 1.54) is 67.7 Å². The van der Waals surface area contributed by atoms with Crippen LogP contribution in [0.25, 0.3) is 10.8 Å². The van der Waals surface area contributed by atoms with E-state index in [9.17, 15) is 0 Å². The second kappa shape index (κ2) is 11.2. The quantitative estimate of drug-likeness (QED) is 0.273. The fourth-order valence-electron chi connectivity index (χ4n) is 5.01. The summed E-state index contributed by atoms with van der Waals surface area (Å²) in [5.41, 5.74) is 3.64. The Balaban J connectivity index is 1.36. The van der Waals surface area contributed by atoms with Gasteiger partial charge in [0.1, 0.15) is 5.75 Å². The van der Waals surface area contributed by atoms with Gasteiger partial charge in [0, 0.05) is 11.1 Å². The molecule has 1 aliphatic rings. The van der Waals surface area contributed by atoms with Crippen molar-refractivity contribution in [2.45, 2.75) is 71.1 Å². The first-order valence-electron chi connectivity index (χ1n) is 12.5. The maximum Gasteiger partial charge on any atom is 0.119 e. The van der Waals surface area contributed by atoms with E-state index in [1.807, 2.05) is 13.0 Å². The van der Waals surface area contributed by atoms with E-state index in [2.05, 4.69) is 73.4 Å². The molecule has 0 atom stereocenters. The first-order chi connectivity index (χ1) is 15.7. The van der Waals surface area contributed by atoms with Crippen LogP contribution in [0.4, 0.5) is 0 Å². The van der Waals surface area contributed by atoms with E-state index in [4.69, 9.17) is 4.74 Å². The van der Waals surface area contributed by atoms with Gasteiger partial charge in [0.25, 0.3) is 0 Å². The topological polar surface area (TPSA) is 9.23 Å². The highest BCUT2D eigenvalue weighted by Gasteiger charge is 2.21. The summed E-state index contributed by atoms with van der Waals surface area (Å²) >= 11 is 0. The summed E-state index contributed by atoms with van der Waals surface area (Å²) in [5.74, 6) is 9.32. The molecular weight excluding hydrogens is 388 g/mol. The van der Waals surface area contributed by atoms with Gasteiger partial charge < -0.3 is 4.74 Å². The lowest BCUT2D eigenvalue weighted by atomic mass is 9.77. The van der Waals surface area contributed by atoms with Crippen LogP contribution < -0.4 is 4.74 Å². The van der Waals surface area contributed by atoms with Crippen molar-refractivity contribution < 1.29 is 4.74 Å². The van der Waals surface area contributed by atoms with Gasteiger partial charge in [-0.25, -0.2) is 0 Å². The lowest BCUT2D eigenvalue weighted by Gasteiger charge is -2.29. The predicted molar refractivity (Wildman–Crippen MR) is 136 cm³/mol. The molecule has 0 bridgehead atoms. The van der Waals surface area contributed by atoms with Gasteiger partial charge in [-0.3, -0.25) is 0 Å². The van der Waals surface area contributed by atoms with Gasteiger partial charge in [0.2, 0.25) is 0 Å². The minimum Gasteiger partial charge on any atom is -0.494 e. The van der Waals surface area contributed by atoms with Crippen LogP contribution in [-0.4, -0.2) is 6.61 Å². The van der Waals surface area contributed by atoms with Crippen LogP contribution in [0, 0.1) is 17.8 Å². The van der Waals surface area contributed by atoms with Gasteiger partial charge in [-0.1, -0.05) is 68.7 Å². The molecule has 1 nitrogen and oxygen atoms in total. The molecular formula is C31H36O. The van der Waals surface area contributed by atoms with E-state index in [0.717, 1.165) is 28.7 Å². The summed E-state index contributed by atoms with van der Waals surface area (Å²) in [6.07, 6.45) is 11.1. The summed E-state index contributed by atoms with van der Waals surface area (Å²) in [7, 11) is 0. The summed E-state index contributed by atoms with van der Waals surface area (Å²) in [5, 5.41) is 2.38. The molecule has 3 aromatic carbocycles. The van der Waals surface area contributed by atoms with E-state index in [-0.39, 0.29) is 0 Å². The highest BCUT2D eigenvalue weighted by Crippen LogP contribution is 2.37. The highest BCUT2D eigenvalue weighted by molar-refractivity contribution is 5.85. The molecule has 32 heavy (non-hydrogen) atoms. The fraction of sp³-hybridized carbons (Fsp3) is 0.419. The van der Waals surface area contributed by atoms with Crippen LogP contribution in [0.5, 0.6) is 5.75 Å². The van der Waals surface area contributed by atoms with Crippen molar-refractivity contribution >= 4 is 10.8 Å². The van der Waals surface area contributed by atoms with Crippen LogP contribution in [0.1, 0.15) is 87.8 Å². The standard InChI is InChI=1S/C31H36O/c1-3-5-6-7-24-10-15-27(16-11-24)28-17-12-25(13-18-28)8-9-26-14-19-30-23-31(32-4-2)21-20-29(30)22-26/h12-14,17-24,27H,3-7,10-11,15-16H2,1-2H3/t24-,27-. The molecule has 0 aromatic heterocycles. The molecule has 1 saturated carbocycles. The molecule has 1 aliphatic carbocycles. The number of rotatable bonds is 7. The molecule has 0 radical (unpaired) electrons. The molecule has 1 heteroatoms. The number of ether oxygens (including phenoxy) is 1. The lowest BCUT2D eigenvalue weighted by molar-refractivity contribution is 0.303. The number of hydrogen-bond acceptors (Lipinski definition) is 1. The average molecular weight is 425 g/mol. The third kappa shape index (κ3) is 5.95. The molecule has 0 unspecified atom stereocenters. The Hall–Kier alpha value is -2.72. The fourth-order valence-corrected chi connectivity index (χ4v) is 5.01. The first-order valence-corrected chi connectivity index (χ1v) is 12.5. The monoisotopic (exact) mass is 424 g/mol. The molecule has 0 amide bonds. The van der Waals surface area contributed by atoms with E-state index in [1.54, 1.807) is 0 Å². The van der Waals surface area contributed by atoms with Gasteiger partial charge in [-0.2, -0.15) is 0 Å².